The lowest BCUT2D eigenvalue weighted by molar-refractivity contribution is -0.131. The van der Waals surface area contributed by atoms with E-state index in [4.69, 9.17) is 4.74 Å². The first-order chi connectivity index (χ1) is 12.1. The summed E-state index contributed by atoms with van der Waals surface area (Å²) < 4.78 is 5.40. The molecule has 1 atom stereocenters. The van der Waals surface area contributed by atoms with Crippen LogP contribution in [0.5, 0.6) is 0 Å². The Labute approximate surface area is 148 Å². The van der Waals surface area contributed by atoms with Crippen LogP contribution in [0.15, 0.2) is 24.3 Å². The lowest BCUT2D eigenvalue weighted by Crippen LogP contribution is -2.50. The number of nitrogens with one attached hydrogen (secondary N) is 2. The minimum Gasteiger partial charge on any atom is -0.381 e. The highest BCUT2D eigenvalue weighted by atomic mass is 16.5. The maximum atomic E-state index is 12.1. The first-order valence-corrected chi connectivity index (χ1v) is 8.80. The van der Waals surface area contributed by atoms with E-state index < -0.39 is 0 Å². The first kappa shape index (κ1) is 17.7. The van der Waals surface area contributed by atoms with Gasteiger partial charge < -0.3 is 25.2 Å². The Morgan fingerprint density at radius 1 is 1.16 bits per heavy atom. The Kier molecular flexibility index (Phi) is 5.88. The Bertz CT molecular complexity index is 591. The van der Waals surface area contributed by atoms with Crippen molar-refractivity contribution in [3.8, 4) is 0 Å². The molecule has 0 radical (unpaired) electrons. The normalized spacial score (nSPS) is 21.2. The van der Waals surface area contributed by atoms with Crippen LogP contribution in [0.2, 0.25) is 0 Å². The van der Waals surface area contributed by atoms with Crippen LogP contribution in [-0.4, -0.2) is 74.7 Å². The number of likely N-dealkylation sites (N-methyl/N-ethyl adjacent to an activating group) is 1. The third kappa shape index (κ3) is 4.93. The third-order valence-electron chi connectivity index (χ3n) is 4.83. The molecule has 0 saturated carbocycles. The summed E-state index contributed by atoms with van der Waals surface area (Å²) in [4.78, 5) is 28.1. The molecule has 136 valence electrons. The van der Waals surface area contributed by atoms with Crippen LogP contribution < -0.4 is 10.6 Å². The van der Waals surface area contributed by atoms with Crippen molar-refractivity contribution >= 4 is 17.6 Å². The van der Waals surface area contributed by atoms with Gasteiger partial charge in [0.15, 0.2) is 0 Å². The summed E-state index contributed by atoms with van der Waals surface area (Å²) >= 11 is 0. The molecule has 1 aromatic carbocycles. The molecule has 7 nitrogen and oxygen atoms in total. The Balaban J connectivity index is 1.42. The average Bonchev–Trinajstić information content (AvgIpc) is 3.15. The summed E-state index contributed by atoms with van der Waals surface area (Å²) in [5, 5.41) is 5.40. The predicted octanol–water partition coefficient (Wildman–Crippen LogP) is 1.09. The van der Waals surface area contributed by atoms with Crippen molar-refractivity contribution in [2.75, 3.05) is 58.3 Å². The second-order valence-electron chi connectivity index (χ2n) is 6.67. The monoisotopic (exact) mass is 346 g/mol. The number of anilines is 1. The molecule has 1 unspecified atom stereocenters. The maximum absolute atomic E-state index is 12.1. The van der Waals surface area contributed by atoms with Gasteiger partial charge in [-0.05, 0) is 31.2 Å². The maximum Gasteiger partial charge on any atom is 0.319 e. The van der Waals surface area contributed by atoms with E-state index in [2.05, 4.69) is 15.5 Å². The van der Waals surface area contributed by atoms with Crippen LogP contribution in [-0.2, 0) is 9.53 Å². The number of carbonyl (C=O) groups is 2. The number of nitrogens with zero attached hydrogens (tertiary/aromatic N) is 2. The highest BCUT2D eigenvalue weighted by molar-refractivity contribution is 5.92. The van der Waals surface area contributed by atoms with E-state index >= 15 is 0 Å². The minimum absolute atomic E-state index is 0.0209. The average molecular weight is 346 g/mol. The van der Waals surface area contributed by atoms with Crippen molar-refractivity contribution in [2.45, 2.75) is 12.3 Å². The SMILES string of the molecule is CN1CCN(C(=O)CNC(=O)Nc2ccc(C3CCOC3)cc2)CC1. The highest BCUT2D eigenvalue weighted by Crippen LogP contribution is 2.25. The van der Waals surface area contributed by atoms with E-state index in [1.165, 1.54) is 5.56 Å². The van der Waals surface area contributed by atoms with E-state index in [-0.39, 0.29) is 18.5 Å². The van der Waals surface area contributed by atoms with Crippen LogP contribution in [0, 0.1) is 0 Å². The molecule has 7 heteroatoms. The second kappa shape index (κ2) is 8.31. The fourth-order valence-corrected chi connectivity index (χ4v) is 3.13. The molecule has 0 bridgehead atoms. The van der Waals surface area contributed by atoms with Crippen LogP contribution in [0.1, 0.15) is 17.9 Å². The Morgan fingerprint density at radius 3 is 2.52 bits per heavy atom. The van der Waals surface area contributed by atoms with E-state index in [9.17, 15) is 9.59 Å². The number of carbonyl (C=O) groups excluding carboxylic acids is 2. The molecule has 25 heavy (non-hydrogen) atoms. The summed E-state index contributed by atoms with van der Waals surface area (Å²) in [7, 11) is 2.04. The van der Waals surface area contributed by atoms with E-state index in [1.807, 2.05) is 31.3 Å². The number of amides is 3. The molecular formula is C18H26N4O3. The van der Waals surface area contributed by atoms with Gasteiger partial charge in [0.1, 0.15) is 0 Å². The van der Waals surface area contributed by atoms with E-state index in [0.29, 0.717) is 24.7 Å². The van der Waals surface area contributed by atoms with Gasteiger partial charge >= 0.3 is 6.03 Å². The molecule has 0 aliphatic carbocycles. The van der Waals surface area contributed by atoms with Gasteiger partial charge in [-0.1, -0.05) is 12.1 Å². The van der Waals surface area contributed by atoms with Gasteiger partial charge in [-0.25, -0.2) is 4.79 Å². The molecule has 2 N–H and O–H groups in total. The summed E-state index contributed by atoms with van der Waals surface area (Å²) in [6.07, 6.45) is 1.04. The predicted molar refractivity (Wildman–Crippen MR) is 95.7 cm³/mol. The zero-order valence-electron chi connectivity index (χ0n) is 14.7. The molecule has 1 aromatic rings. The van der Waals surface area contributed by atoms with Gasteiger partial charge in [0.05, 0.1) is 13.2 Å². The topological polar surface area (TPSA) is 73.9 Å². The Morgan fingerprint density at radius 2 is 1.88 bits per heavy atom. The number of hydrogen-bond donors (Lipinski definition) is 2. The van der Waals surface area contributed by atoms with Crippen molar-refractivity contribution in [2.24, 2.45) is 0 Å². The van der Waals surface area contributed by atoms with Crippen molar-refractivity contribution in [1.82, 2.24) is 15.1 Å². The van der Waals surface area contributed by atoms with Gasteiger partial charge in [0, 0.05) is 44.4 Å². The van der Waals surface area contributed by atoms with Crippen LogP contribution in [0.3, 0.4) is 0 Å². The fraction of sp³-hybridized carbons (Fsp3) is 0.556. The number of benzene rings is 1. The van der Waals surface area contributed by atoms with E-state index in [0.717, 1.165) is 32.7 Å². The largest absolute Gasteiger partial charge is 0.381 e. The molecular weight excluding hydrogens is 320 g/mol. The lowest BCUT2D eigenvalue weighted by Gasteiger charge is -2.32. The van der Waals surface area contributed by atoms with Gasteiger partial charge in [0.2, 0.25) is 5.91 Å². The molecule has 3 amide bonds. The van der Waals surface area contributed by atoms with Gasteiger partial charge in [-0.15, -0.1) is 0 Å². The number of hydrogen-bond acceptors (Lipinski definition) is 4. The summed E-state index contributed by atoms with van der Waals surface area (Å²) in [5.41, 5.74) is 1.95. The molecule has 2 heterocycles. The lowest BCUT2D eigenvalue weighted by atomic mass is 9.98. The van der Waals surface area contributed by atoms with Gasteiger partial charge in [0.25, 0.3) is 0 Å². The van der Waals surface area contributed by atoms with Crippen molar-refractivity contribution < 1.29 is 14.3 Å². The summed E-state index contributed by atoms with van der Waals surface area (Å²) in [6.45, 7) is 4.77. The fourth-order valence-electron chi connectivity index (χ4n) is 3.13. The minimum atomic E-state index is -0.362. The first-order valence-electron chi connectivity index (χ1n) is 8.80. The smallest absolute Gasteiger partial charge is 0.319 e. The number of piperazine rings is 1. The number of ether oxygens (including phenoxy) is 1. The molecule has 2 aliphatic rings. The highest BCUT2D eigenvalue weighted by Gasteiger charge is 2.19. The number of urea groups is 1. The summed E-state index contributed by atoms with van der Waals surface area (Å²) in [6, 6.07) is 7.44. The molecule has 0 spiro atoms. The standard InChI is InChI=1S/C18H26N4O3/c1-21-7-9-22(10-8-21)17(23)12-19-18(24)20-16-4-2-14(3-5-16)15-6-11-25-13-15/h2-5,15H,6-13H2,1H3,(H2,19,20,24). The molecule has 0 aromatic heterocycles. The van der Waals surface area contributed by atoms with Gasteiger partial charge in [-0.3, -0.25) is 4.79 Å². The molecule has 2 aliphatic heterocycles. The van der Waals surface area contributed by atoms with Crippen molar-refractivity contribution in [3.63, 3.8) is 0 Å². The third-order valence-corrected chi connectivity index (χ3v) is 4.83. The number of rotatable bonds is 4. The van der Waals surface area contributed by atoms with Crippen LogP contribution >= 0.6 is 0 Å². The van der Waals surface area contributed by atoms with Crippen molar-refractivity contribution in [1.29, 1.82) is 0 Å². The molecule has 2 saturated heterocycles. The van der Waals surface area contributed by atoms with E-state index in [1.54, 1.807) is 4.90 Å². The molecule has 3 rings (SSSR count). The second-order valence-corrected chi connectivity index (χ2v) is 6.67. The Hall–Kier alpha value is -2.12. The van der Waals surface area contributed by atoms with Crippen molar-refractivity contribution in [3.05, 3.63) is 29.8 Å². The zero-order chi connectivity index (χ0) is 17.6. The van der Waals surface area contributed by atoms with Crippen LogP contribution in [0.4, 0.5) is 10.5 Å². The summed E-state index contributed by atoms with van der Waals surface area (Å²) in [5.74, 6) is 0.406. The zero-order valence-corrected chi connectivity index (χ0v) is 14.7. The molecule has 2 fully saturated rings. The van der Waals surface area contributed by atoms with Gasteiger partial charge in [-0.2, -0.15) is 0 Å². The quantitative estimate of drug-likeness (QED) is 0.856. The van der Waals surface area contributed by atoms with Crippen LogP contribution in [0.25, 0.3) is 0 Å².